The van der Waals surface area contributed by atoms with Crippen molar-refractivity contribution in [3.63, 3.8) is 0 Å². The highest BCUT2D eigenvalue weighted by molar-refractivity contribution is 9.10. The van der Waals surface area contributed by atoms with Gasteiger partial charge in [-0.1, -0.05) is 34.1 Å². The summed E-state index contributed by atoms with van der Waals surface area (Å²) >= 11 is 3.53. The van der Waals surface area contributed by atoms with E-state index >= 15 is 0 Å². The highest BCUT2D eigenvalue weighted by Gasteiger charge is 2.16. The van der Waals surface area contributed by atoms with E-state index in [2.05, 4.69) is 31.1 Å². The van der Waals surface area contributed by atoms with Gasteiger partial charge >= 0.3 is 0 Å². The smallest absolute Gasteiger partial charge is 0.224 e. The molecule has 1 aromatic carbocycles. The van der Waals surface area contributed by atoms with Gasteiger partial charge in [0.25, 0.3) is 0 Å². The van der Waals surface area contributed by atoms with Crippen molar-refractivity contribution in [3.05, 3.63) is 52.6 Å². The maximum absolute atomic E-state index is 12.4. The molecular formula is C19H22BrN3O. The molecular weight excluding hydrogens is 366 g/mol. The highest BCUT2D eigenvalue weighted by Crippen LogP contribution is 2.26. The first-order chi connectivity index (χ1) is 11.7. The third-order valence-electron chi connectivity index (χ3n) is 4.30. The van der Waals surface area contributed by atoms with Gasteiger partial charge in [-0.05, 0) is 49.4 Å². The van der Waals surface area contributed by atoms with Gasteiger partial charge in [0.15, 0.2) is 5.82 Å². The van der Waals surface area contributed by atoms with Gasteiger partial charge in [0.05, 0.1) is 5.69 Å². The fourth-order valence-electron chi connectivity index (χ4n) is 3.01. The Morgan fingerprint density at radius 2 is 1.92 bits per heavy atom. The molecule has 1 aromatic heterocycles. The number of hydrogen-bond donors (Lipinski definition) is 1. The number of carbonyl (C=O) groups excluding carboxylic acids is 1. The van der Waals surface area contributed by atoms with E-state index in [1.165, 1.54) is 19.3 Å². The van der Waals surface area contributed by atoms with Crippen molar-refractivity contribution in [2.24, 2.45) is 0 Å². The summed E-state index contributed by atoms with van der Waals surface area (Å²) in [5.41, 5.74) is 1.96. The maximum Gasteiger partial charge on any atom is 0.224 e. The molecule has 4 nitrogen and oxygen atoms in total. The predicted octanol–water partition coefficient (Wildman–Crippen LogP) is 4.41. The van der Waals surface area contributed by atoms with Gasteiger partial charge in [0.2, 0.25) is 5.91 Å². The molecule has 126 valence electrons. The minimum absolute atomic E-state index is 0.0250. The van der Waals surface area contributed by atoms with Crippen LogP contribution in [0.5, 0.6) is 0 Å². The molecule has 0 radical (unpaired) electrons. The fraction of sp³-hybridized carbons (Fsp3) is 0.368. The minimum Gasteiger partial charge on any atom is -0.355 e. The topological polar surface area (TPSA) is 45.2 Å². The summed E-state index contributed by atoms with van der Waals surface area (Å²) in [5, 5.41) is 3.04. The number of aryl methyl sites for hydroxylation is 1. The number of aromatic nitrogens is 1. The van der Waals surface area contributed by atoms with E-state index in [0.29, 0.717) is 12.8 Å². The lowest BCUT2D eigenvalue weighted by molar-refractivity contribution is -0.116. The van der Waals surface area contributed by atoms with Gasteiger partial charge in [0, 0.05) is 30.2 Å². The second-order valence-electron chi connectivity index (χ2n) is 6.06. The van der Waals surface area contributed by atoms with Crippen LogP contribution < -0.4 is 10.2 Å². The Bertz CT molecular complexity index is 699. The number of pyridine rings is 1. The lowest BCUT2D eigenvalue weighted by Gasteiger charge is -2.29. The minimum atomic E-state index is 0.0250. The lowest BCUT2D eigenvalue weighted by atomic mass is 10.1. The first kappa shape index (κ1) is 17.0. The van der Waals surface area contributed by atoms with Crippen LogP contribution >= 0.6 is 15.9 Å². The van der Waals surface area contributed by atoms with Crippen molar-refractivity contribution in [2.75, 3.05) is 23.3 Å². The van der Waals surface area contributed by atoms with Crippen LogP contribution in [0.3, 0.4) is 0 Å². The standard InChI is InChI=1S/C19H22BrN3O/c20-16-8-3-2-7-15(16)10-11-18(24)22-17-9-6-12-21-19(17)23-13-4-1-5-14-23/h2-3,6-9,12H,1,4-5,10-11,13-14H2,(H,22,24). The lowest BCUT2D eigenvalue weighted by Crippen LogP contribution is -2.31. The van der Waals surface area contributed by atoms with Crippen LogP contribution in [0.2, 0.25) is 0 Å². The Balaban J connectivity index is 1.63. The van der Waals surface area contributed by atoms with Crippen LogP contribution in [0, 0.1) is 0 Å². The number of halogens is 1. The molecule has 0 unspecified atom stereocenters. The number of piperidine rings is 1. The Morgan fingerprint density at radius 3 is 2.71 bits per heavy atom. The summed E-state index contributed by atoms with van der Waals surface area (Å²) in [6.45, 7) is 2.02. The van der Waals surface area contributed by atoms with Crippen molar-refractivity contribution in [1.82, 2.24) is 4.98 Å². The second kappa shape index (κ2) is 8.29. The van der Waals surface area contributed by atoms with E-state index in [4.69, 9.17) is 0 Å². The van der Waals surface area contributed by atoms with E-state index in [-0.39, 0.29) is 5.91 Å². The Kier molecular flexibility index (Phi) is 5.86. The Morgan fingerprint density at radius 1 is 1.12 bits per heavy atom. The molecule has 0 spiro atoms. The average Bonchev–Trinajstić information content (AvgIpc) is 2.62. The van der Waals surface area contributed by atoms with E-state index in [9.17, 15) is 4.79 Å². The van der Waals surface area contributed by atoms with Crippen LogP contribution in [0.15, 0.2) is 47.1 Å². The molecule has 0 saturated carbocycles. The van der Waals surface area contributed by atoms with Gasteiger partial charge < -0.3 is 10.2 Å². The number of anilines is 2. The van der Waals surface area contributed by atoms with Gasteiger partial charge in [0.1, 0.15) is 0 Å². The van der Waals surface area contributed by atoms with Crippen molar-refractivity contribution in [3.8, 4) is 0 Å². The third kappa shape index (κ3) is 4.35. The number of benzene rings is 1. The van der Waals surface area contributed by atoms with E-state index in [1.807, 2.05) is 36.4 Å². The molecule has 1 saturated heterocycles. The fourth-order valence-corrected chi connectivity index (χ4v) is 3.50. The van der Waals surface area contributed by atoms with Gasteiger partial charge in [-0.3, -0.25) is 4.79 Å². The van der Waals surface area contributed by atoms with Crippen LogP contribution in [0.25, 0.3) is 0 Å². The summed E-state index contributed by atoms with van der Waals surface area (Å²) < 4.78 is 1.05. The molecule has 0 aliphatic carbocycles. The average molecular weight is 388 g/mol. The zero-order chi connectivity index (χ0) is 16.8. The van der Waals surface area contributed by atoms with Crippen LogP contribution in [-0.4, -0.2) is 24.0 Å². The van der Waals surface area contributed by atoms with Crippen LogP contribution in [-0.2, 0) is 11.2 Å². The van der Waals surface area contributed by atoms with Crippen molar-refractivity contribution in [2.45, 2.75) is 32.1 Å². The summed E-state index contributed by atoms with van der Waals surface area (Å²) in [5.74, 6) is 0.920. The quantitative estimate of drug-likeness (QED) is 0.826. The van der Waals surface area contributed by atoms with Gasteiger partial charge in [-0.15, -0.1) is 0 Å². The molecule has 5 heteroatoms. The summed E-state index contributed by atoms with van der Waals surface area (Å²) in [7, 11) is 0. The van der Waals surface area contributed by atoms with Crippen LogP contribution in [0.4, 0.5) is 11.5 Å². The molecule has 1 N–H and O–H groups in total. The van der Waals surface area contributed by atoms with Crippen molar-refractivity contribution in [1.29, 1.82) is 0 Å². The first-order valence-electron chi connectivity index (χ1n) is 8.47. The number of carbonyl (C=O) groups is 1. The molecule has 3 rings (SSSR count). The zero-order valence-corrected chi connectivity index (χ0v) is 15.3. The zero-order valence-electron chi connectivity index (χ0n) is 13.7. The summed E-state index contributed by atoms with van der Waals surface area (Å²) in [6.07, 6.45) is 6.61. The second-order valence-corrected chi connectivity index (χ2v) is 6.92. The van der Waals surface area contributed by atoms with Crippen LogP contribution in [0.1, 0.15) is 31.2 Å². The highest BCUT2D eigenvalue weighted by atomic mass is 79.9. The summed E-state index contributed by atoms with van der Waals surface area (Å²) in [6, 6.07) is 11.8. The normalized spacial score (nSPS) is 14.5. The molecule has 2 heterocycles. The Labute approximate surface area is 151 Å². The SMILES string of the molecule is O=C(CCc1ccccc1Br)Nc1cccnc1N1CCCCC1. The van der Waals surface area contributed by atoms with E-state index < -0.39 is 0 Å². The summed E-state index contributed by atoms with van der Waals surface area (Å²) in [4.78, 5) is 19.1. The number of amides is 1. The molecule has 1 aliphatic heterocycles. The van der Waals surface area contributed by atoms with Crippen molar-refractivity contribution < 1.29 is 4.79 Å². The first-order valence-corrected chi connectivity index (χ1v) is 9.26. The third-order valence-corrected chi connectivity index (χ3v) is 5.07. The number of nitrogens with one attached hydrogen (secondary N) is 1. The molecule has 0 bridgehead atoms. The number of nitrogens with zero attached hydrogens (tertiary/aromatic N) is 2. The van der Waals surface area contributed by atoms with E-state index in [0.717, 1.165) is 34.6 Å². The predicted molar refractivity (Wildman–Crippen MR) is 101 cm³/mol. The molecule has 1 aliphatic rings. The molecule has 2 aromatic rings. The molecule has 1 amide bonds. The Hall–Kier alpha value is -1.88. The number of rotatable bonds is 5. The van der Waals surface area contributed by atoms with Crippen molar-refractivity contribution >= 4 is 33.3 Å². The maximum atomic E-state index is 12.4. The monoisotopic (exact) mass is 387 g/mol. The molecule has 1 fully saturated rings. The molecule has 24 heavy (non-hydrogen) atoms. The number of hydrogen-bond acceptors (Lipinski definition) is 3. The van der Waals surface area contributed by atoms with Gasteiger partial charge in [-0.25, -0.2) is 4.98 Å². The van der Waals surface area contributed by atoms with Gasteiger partial charge in [-0.2, -0.15) is 0 Å². The van der Waals surface area contributed by atoms with E-state index in [1.54, 1.807) is 6.20 Å². The molecule has 0 atom stereocenters. The largest absolute Gasteiger partial charge is 0.355 e.